The quantitative estimate of drug-likeness (QED) is 0.264. The molecule has 37 heavy (non-hydrogen) atoms. The number of allylic oxidation sites excluding steroid dienone is 1. The summed E-state index contributed by atoms with van der Waals surface area (Å²) in [6.07, 6.45) is 0. The van der Waals surface area contributed by atoms with Gasteiger partial charge in [-0.05, 0) is 48.0 Å². The highest BCUT2D eigenvalue weighted by Crippen LogP contribution is 2.44. The maximum Gasteiger partial charge on any atom is 0.347 e. The minimum Gasteiger partial charge on any atom is -0.496 e. The van der Waals surface area contributed by atoms with Crippen LogP contribution < -0.4 is 24.7 Å². The Kier molecular flexibility index (Phi) is 6.47. The molecule has 5 rings (SSSR count). The Morgan fingerprint density at radius 2 is 1.65 bits per heavy atom. The summed E-state index contributed by atoms with van der Waals surface area (Å²) in [5.41, 5.74) is 8.24. The van der Waals surface area contributed by atoms with Crippen molar-refractivity contribution in [1.82, 2.24) is 0 Å². The topological polar surface area (TPSA) is 104 Å². The molecule has 7 nitrogen and oxygen atoms in total. The van der Waals surface area contributed by atoms with Gasteiger partial charge in [-0.1, -0.05) is 48.5 Å². The molecule has 4 aromatic rings. The predicted molar refractivity (Wildman–Crippen MR) is 137 cm³/mol. The van der Waals surface area contributed by atoms with Crippen molar-refractivity contribution in [3.05, 3.63) is 125 Å². The zero-order chi connectivity index (χ0) is 25.8. The highest BCUT2D eigenvalue weighted by atomic mass is 16.5. The fraction of sp³-hybridized carbons (Fsp3) is 0.0667. The molecule has 1 aliphatic heterocycles. The van der Waals surface area contributed by atoms with Gasteiger partial charge in [0.2, 0.25) is 5.88 Å². The molecule has 1 unspecified atom stereocenters. The lowest BCUT2D eigenvalue weighted by Gasteiger charge is -2.27. The van der Waals surface area contributed by atoms with Crippen molar-refractivity contribution in [3.63, 3.8) is 0 Å². The van der Waals surface area contributed by atoms with Crippen LogP contribution >= 0.6 is 0 Å². The van der Waals surface area contributed by atoms with E-state index in [4.69, 9.17) is 24.7 Å². The predicted octanol–water partition coefficient (Wildman–Crippen LogP) is 5.92. The summed E-state index contributed by atoms with van der Waals surface area (Å²) in [5.74, 6) is 1.31. The second kappa shape index (κ2) is 10.2. The maximum atomic E-state index is 12.8. The van der Waals surface area contributed by atoms with Crippen LogP contribution in [0.5, 0.6) is 28.7 Å². The molecule has 0 amide bonds. The third kappa shape index (κ3) is 4.81. The SMILES string of the molecule is COc1ccccc1C(=O)Oc1ccc2c(c1)OC(N)=C(C#N)C2c1cccc(Oc2ccccc2)c1. The first-order valence-corrected chi connectivity index (χ1v) is 11.5. The number of rotatable bonds is 6. The first kappa shape index (κ1) is 23.5. The molecule has 0 spiro atoms. The number of hydrogen-bond acceptors (Lipinski definition) is 7. The molecule has 0 aromatic heterocycles. The zero-order valence-electron chi connectivity index (χ0n) is 19.9. The molecule has 0 aliphatic carbocycles. The van der Waals surface area contributed by atoms with Gasteiger partial charge in [-0.25, -0.2) is 4.79 Å². The monoisotopic (exact) mass is 490 g/mol. The second-order valence-corrected chi connectivity index (χ2v) is 8.20. The van der Waals surface area contributed by atoms with Gasteiger partial charge in [-0.3, -0.25) is 0 Å². The van der Waals surface area contributed by atoms with Crippen LogP contribution in [0.25, 0.3) is 0 Å². The molecular formula is C30H22N2O5. The number of carbonyl (C=O) groups is 1. The zero-order valence-corrected chi connectivity index (χ0v) is 19.9. The van der Waals surface area contributed by atoms with E-state index in [9.17, 15) is 10.1 Å². The molecule has 7 heteroatoms. The Morgan fingerprint density at radius 3 is 2.43 bits per heavy atom. The first-order valence-electron chi connectivity index (χ1n) is 11.5. The molecule has 0 saturated heterocycles. The third-order valence-electron chi connectivity index (χ3n) is 5.90. The van der Waals surface area contributed by atoms with Gasteiger partial charge in [0.1, 0.15) is 46.0 Å². The minimum atomic E-state index is -0.572. The number of esters is 1. The highest BCUT2D eigenvalue weighted by Gasteiger charge is 2.31. The number of nitrogens with two attached hydrogens (primary N) is 1. The summed E-state index contributed by atoms with van der Waals surface area (Å²) in [6.45, 7) is 0. The highest BCUT2D eigenvalue weighted by molar-refractivity contribution is 5.94. The van der Waals surface area contributed by atoms with Crippen LogP contribution in [0.2, 0.25) is 0 Å². The lowest BCUT2D eigenvalue weighted by molar-refractivity contribution is 0.0731. The minimum absolute atomic E-state index is 0.0115. The number of methoxy groups -OCH3 is 1. The number of nitrogens with zero attached hydrogens (tertiary/aromatic N) is 1. The van der Waals surface area contributed by atoms with Crippen LogP contribution in [0.1, 0.15) is 27.4 Å². The van der Waals surface area contributed by atoms with E-state index >= 15 is 0 Å². The van der Waals surface area contributed by atoms with Gasteiger partial charge in [0.25, 0.3) is 0 Å². The molecule has 1 heterocycles. The van der Waals surface area contributed by atoms with Gasteiger partial charge in [0, 0.05) is 11.6 Å². The molecule has 0 bridgehead atoms. The normalized spacial score (nSPS) is 14.1. The van der Waals surface area contributed by atoms with Crippen LogP contribution in [0, 0.1) is 11.3 Å². The Hall–Kier alpha value is -5.22. The van der Waals surface area contributed by atoms with E-state index in [1.165, 1.54) is 7.11 Å². The van der Waals surface area contributed by atoms with Gasteiger partial charge in [-0.15, -0.1) is 0 Å². The number of carbonyl (C=O) groups excluding carboxylic acids is 1. The Bertz CT molecular complexity index is 1540. The number of para-hydroxylation sites is 2. The molecular weight excluding hydrogens is 468 g/mol. The molecule has 1 aliphatic rings. The third-order valence-corrected chi connectivity index (χ3v) is 5.90. The number of fused-ring (bicyclic) bond motifs is 1. The van der Waals surface area contributed by atoms with Crippen LogP contribution in [-0.4, -0.2) is 13.1 Å². The summed E-state index contributed by atoms with van der Waals surface area (Å²) in [6, 6.07) is 30.9. The van der Waals surface area contributed by atoms with Gasteiger partial charge in [0.05, 0.1) is 13.0 Å². The molecule has 4 aromatic carbocycles. The van der Waals surface area contributed by atoms with Crippen LogP contribution in [0.15, 0.2) is 109 Å². The molecule has 0 radical (unpaired) electrons. The summed E-state index contributed by atoms with van der Waals surface area (Å²) >= 11 is 0. The summed E-state index contributed by atoms with van der Waals surface area (Å²) < 4.78 is 22.6. The van der Waals surface area contributed by atoms with Crippen molar-refractivity contribution in [1.29, 1.82) is 5.26 Å². The van der Waals surface area contributed by atoms with E-state index in [2.05, 4.69) is 6.07 Å². The van der Waals surface area contributed by atoms with Crippen molar-refractivity contribution in [3.8, 4) is 34.8 Å². The number of ether oxygens (including phenoxy) is 4. The van der Waals surface area contributed by atoms with Gasteiger partial charge >= 0.3 is 5.97 Å². The largest absolute Gasteiger partial charge is 0.496 e. The van der Waals surface area contributed by atoms with Crippen LogP contribution in [0.4, 0.5) is 0 Å². The maximum absolute atomic E-state index is 12.8. The Labute approximate surface area is 213 Å². The van der Waals surface area contributed by atoms with Crippen LogP contribution in [0.3, 0.4) is 0 Å². The van der Waals surface area contributed by atoms with Crippen LogP contribution in [-0.2, 0) is 0 Å². The summed E-state index contributed by atoms with van der Waals surface area (Å²) in [5, 5.41) is 9.89. The molecule has 2 N–H and O–H groups in total. The fourth-order valence-electron chi connectivity index (χ4n) is 4.20. The average molecular weight is 491 g/mol. The Morgan fingerprint density at radius 1 is 0.892 bits per heavy atom. The van der Waals surface area contributed by atoms with E-state index in [0.717, 1.165) is 5.56 Å². The average Bonchev–Trinajstić information content (AvgIpc) is 2.93. The van der Waals surface area contributed by atoms with Crippen molar-refractivity contribution >= 4 is 5.97 Å². The number of hydrogen-bond donors (Lipinski definition) is 1. The lowest BCUT2D eigenvalue weighted by atomic mass is 9.83. The summed E-state index contributed by atoms with van der Waals surface area (Å²) in [7, 11) is 1.49. The van der Waals surface area contributed by atoms with Crippen molar-refractivity contribution in [2.75, 3.05) is 7.11 Å². The molecule has 182 valence electrons. The summed E-state index contributed by atoms with van der Waals surface area (Å²) in [4.78, 5) is 12.8. The van der Waals surface area contributed by atoms with Crippen molar-refractivity contribution in [2.24, 2.45) is 5.73 Å². The van der Waals surface area contributed by atoms with E-state index < -0.39 is 11.9 Å². The second-order valence-electron chi connectivity index (χ2n) is 8.20. The standard InChI is InChI=1S/C30H22N2O5/c1-34-26-13-6-5-12-24(26)30(33)36-22-14-15-23-27(17-22)37-29(32)25(18-31)28(23)19-8-7-11-21(16-19)35-20-9-3-2-4-10-20/h2-17,28H,32H2,1H3. The van der Waals surface area contributed by atoms with Gasteiger partial charge in [-0.2, -0.15) is 5.26 Å². The van der Waals surface area contributed by atoms with E-state index in [-0.39, 0.29) is 17.2 Å². The van der Waals surface area contributed by atoms with Gasteiger partial charge < -0.3 is 24.7 Å². The molecule has 1 atom stereocenters. The molecule has 0 saturated carbocycles. The smallest absolute Gasteiger partial charge is 0.347 e. The van der Waals surface area contributed by atoms with E-state index in [1.807, 2.05) is 54.6 Å². The Balaban J connectivity index is 1.47. The lowest BCUT2D eigenvalue weighted by Crippen LogP contribution is -2.21. The molecule has 0 fully saturated rings. The van der Waals surface area contributed by atoms with Crippen molar-refractivity contribution in [2.45, 2.75) is 5.92 Å². The fourth-order valence-corrected chi connectivity index (χ4v) is 4.20. The van der Waals surface area contributed by atoms with Crippen molar-refractivity contribution < 1.29 is 23.7 Å². The number of benzene rings is 4. The van der Waals surface area contributed by atoms with E-state index in [0.29, 0.717) is 34.1 Å². The van der Waals surface area contributed by atoms with E-state index in [1.54, 1.807) is 42.5 Å². The first-order chi connectivity index (χ1) is 18.1. The number of nitriles is 1. The van der Waals surface area contributed by atoms with Gasteiger partial charge in [0.15, 0.2) is 0 Å².